The Morgan fingerprint density at radius 3 is 2.94 bits per heavy atom. The largest absolute Gasteiger partial charge is 0.299 e. The summed E-state index contributed by atoms with van der Waals surface area (Å²) in [6.07, 6.45) is 8.21. The van der Waals surface area contributed by atoms with E-state index < -0.39 is 0 Å². The van der Waals surface area contributed by atoms with Gasteiger partial charge in [0.1, 0.15) is 5.78 Å². The van der Waals surface area contributed by atoms with Gasteiger partial charge in [0, 0.05) is 18.3 Å². The summed E-state index contributed by atoms with van der Waals surface area (Å²) in [6.45, 7) is 0. The summed E-state index contributed by atoms with van der Waals surface area (Å²) in [7, 11) is 0. The number of nitrogens with zero attached hydrogens (tertiary/aromatic N) is 3. The lowest BCUT2D eigenvalue weighted by atomic mass is 10.1. The number of fused-ring (bicyclic) bond motifs is 1. The lowest BCUT2D eigenvalue weighted by Crippen LogP contribution is -2.09. The van der Waals surface area contributed by atoms with Crippen LogP contribution in [0.4, 0.5) is 0 Å². The Morgan fingerprint density at radius 1 is 1.35 bits per heavy atom. The summed E-state index contributed by atoms with van der Waals surface area (Å²) in [5, 5.41) is 4.05. The molecular weight excluding hydrogens is 218 g/mol. The number of rotatable bonds is 4. The maximum absolute atomic E-state index is 12.0. The third kappa shape index (κ3) is 1.84. The SMILES string of the molecule is O=C(CC(=O)C1CC1)c1cnn2ccncc12. The Bertz CT molecular complexity index is 599. The van der Waals surface area contributed by atoms with Crippen LogP contribution in [0.5, 0.6) is 0 Å². The molecule has 0 aromatic carbocycles. The first-order valence-corrected chi connectivity index (χ1v) is 5.59. The molecule has 1 aliphatic rings. The van der Waals surface area contributed by atoms with Gasteiger partial charge in [-0.05, 0) is 12.8 Å². The molecule has 0 atom stereocenters. The fourth-order valence-electron chi connectivity index (χ4n) is 1.85. The summed E-state index contributed by atoms with van der Waals surface area (Å²) in [5.74, 6) is 0.0158. The number of ketones is 2. The van der Waals surface area contributed by atoms with Gasteiger partial charge in [-0.3, -0.25) is 14.6 Å². The number of hydrogen-bond acceptors (Lipinski definition) is 4. The fourth-order valence-corrected chi connectivity index (χ4v) is 1.85. The van der Waals surface area contributed by atoms with Crippen molar-refractivity contribution in [3.05, 3.63) is 30.4 Å². The van der Waals surface area contributed by atoms with Crippen LogP contribution in [0.3, 0.4) is 0 Å². The Balaban J connectivity index is 1.87. The molecule has 0 spiro atoms. The molecule has 1 fully saturated rings. The molecule has 0 unspecified atom stereocenters. The van der Waals surface area contributed by atoms with E-state index in [1.54, 1.807) is 23.1 Å². The topological polar surface area (TPSA) is 64.3 Å². The van der Waals surface area contributed by atoms with Crippen LogP contribution in [0.1, 0.15) is 29.6 Å². The normalized spacial score (nSPS) is 15.1. The highest BCUT2D eigenvalue weighted by Crippen LogP contribution is 2.31. The minimum absolute atomic E-state index is 0.0130. The third-order valence-corrected chi connectivity index (χ3v) is 2.99. The molecule has 3 rings (SSSR count). The first-order chi connectivity index (χ1) is 8.25. The van der Waals surface area contributed by atoms with Gasteiger partial charge < -0.3 is 0 Å². The van der Waals surface area contributed by atoms with E-state index in [1.807, 2.05) is 0 Å². The zero-order chi connectivity index (χ0) is 11.8. The van der Waals surface area contributed by atoms with Crippen molar-refractivity contribution in [1.82, 2.24) is 14.6 Å². The van der Waals surface area contributed by atoms with Crippen LogP contribution >= 0.6 is 0 Å². The van der Waals surface area contributed by atoms with Crippen LogP contribution in [0.15, 0.2) is 24.8 Å². The summed E-state index contributed by atoms with van der Waals surface area (Å²) >= 11 is 0. The molecule has 0 saturated heterocycles. The second-order valence-electron chi connectivity index (χ2n) is 4.30. The second-order valence-corrected chi connectivity index (χ2v) is 4.30. The van der Waals surface area contributed by atoms with Crippen LogP contribution in [0.2, 0.25) is 0 Å². The molecule has 0 amide bonds. The minimum Gasteiger partial charge on any atom is -0.299 e. The number of carbonyl (C=O) groups is 2. The predicted octanol–water partition coefficient (Wildman–Crippen LogP) is 1.28. The van der Waals surface area contributed by atoms with E-state index in [1.165, 1.54) is 6.20 Å². The van der Waals surface area contributed by atoms with Gasteiger partial charge in [-0.1, -0.05) is 0 Å². The predicted molar refractivity (Wildman–Crippen MR) is 59.7 cm³/mol. The van der Waals surface area contributed by atoms with Crippen LogP contribution in [-0.4, -0.2) is 26.2 Å². The van der Waals surface area contributed by atoms with Crippen LogP contribution in [-0.2, 0) is 4.79 Å². The molecule has 2 heterocycles. The Hall–Kier alpha value is -2.04. The van der Waals surface area contributed by atoms with Crippen LogP contribution in [0.25, 0.3) is 5.52 Å². The number of aromatic nitrogens is 3. The summed E-state index contributed by atoms with van der Waals surface area (Å²) in [6, 6.07) is 0. The molecule has 5 nitrogen and oxygen atoms in total. The average Bonchev–Trinajstić information content (AvgIpc) is 3.09. The van der Waals surface area contributed by atoms with Crippen molar-refractivity contribution >= 4 is 17.1 Å². The number of Topliss-reactive ketones (excluding diaryl/α,β-unsaturated/α-hetero) is 2. The molecule has 2 aromatic rings. The molecule has 86 valence electrons. The van der Waals surface area contributed by atoms with Gasteiger partial charge >= 0.3 is 0 Å². The van der Waals surface area contributed by atoms with Crippen molar-refractivity contribution in [3.8, 4) is 0 Å². The van der Waals surface area contributed by atoms with E-state index in [-0.39, 0.29) is 23.9 Å². The van der Waals surface area contributed by atoms with Gasteiger partial charge in [-0.25, -0.2) is 4.52 Å². The number of hydrogen-bond donors (Lipinski definition) is 0. The number of carbonyl (C=O) groups excluding carboxylic acids is 2. The molecule has 5 heteroatoms. The smallest absolute Gasteiger partial charge is 0.174 e. The molecule has 0 bridgehead atoms. The van der Waals surface area contributed by atoms with Crippen molar-refractivity contribution in [2.24, 2.45) is 5.92 Å². The molecule has 17 heavy (non-hydrogen) atoms. The van der Waals surface area contributed by atoms with Crippen molar-refractivity contribution in [1.29, 1.82) is 0 Å². The van der Waals surface area contributed by atoms with E-state index in [0.29, 0.717) is 11.1 Å². The Morgan fingerprint density at radius 2 is 2.18 bits per heavy atom. The minimum atomic E-state index is -0.162. The Labute approximate surface area is 97.5 Å². The highest BCUT2D eigenvalue weighted by molar-refractivity contribution is 6.12. The van der Waals surface area contributed by atoms with Crippen molar-refractivity contribution in [2.45, 2.75) is 19.3 Å². The molecule has 1 aliphatic carbocycles. The molecule has 0 N–H and O–H groups in total. The van der Waals surface area contributed by atoms with E-state index in [4.69, 9.17) is 0 Å². The third-order valence-electron chi connectivity index (χ3n) is 2.99. The summed E-state index contributed by atoms with van der Waals surface area (Å²) in [5.41, 5.74) is 1.13. The molecule has 0 aliphatic heterocycles. The summed E-state index contributed by atoms with van der Waals surface area (Å²) < 4.78 is 1.59. The van der Waals surface area contributed by atoms with Crippen LogP contribution in [0, 0.1) is 5.92 Å². The quantitative estimate of drug-likeness (QED) is 0.585. The fraction of sp³-hybridized carbons (Fsp3) is 0.333. The lowest BCUT2D eigenvalue weighted by molar-refractivity contribution is -0.119. The zero-order valence-corrected chi connectivity index (χ0v) is 9.17. The van der Waals surface area contributed by atoms with E-state index in [0.717, 1.165) is 12.8 Å². The Kier molecular flexibility index (Phi) is 2.24. The maximum atomic E-state index is 12.0. The summed E-state index contributed by atoms with van der Waals surface area (Å²) in [4.78, 5) is 27.5. The van der Waals surface area contributed by atoms with E-state index in [9.17, 15) is 9.59 Å². The van der Waals surface area contributed by atoms with Gasteiger partial charge in [0.15, 0.2) is 5.78 Å². The second kappa shape index (κ2) is 3.76. The lowest BCUT2D eigenvalue weighted by Gasteiger charge is -1.97. The van der Waals surface area contributed by atoms with Gasteiger partial charge in [0.2, 0.25) is 0 Å². The maximum Gasteiger partial charge on any atom is 0.174 e. The van der Waals surface area contributed by atoms with Crippen molar-refractivity contribution in [3.63, 3.8) is 0 Å². The molecule has 0 radical (unpaired) electrons. The van der Waals surface area contributed by atoms with Crippen molar-refractivity contribution < 1.29 is 9.59 Å². The monoisotopic (exact) mass is 229 g/mol. The zero-order valence-electron chi connectivity index (χ0n) is 9.17. The first kappa shape index (κ1) is 10.1. The molecular formula is C12H11N3O2. The van der Waals surface area contributed by atoms with Gasteiger partial charge in [-0.15, -0.1) is 0 Å². The van der Waals surface area contributed by atoms with E-state index in [2.05, 4.69) is 10.1 Å². The van der Waals surface area contributed by atoms with Crippen molar-refractivity contribution in [2.75, 3.05) is 0 Å². The highest BCUT2D eigenvalue weighted by Gasteiger charge is 2.31. The standard InChI is InChI=1S/C12H11N3O2/c16-11(8-1-2-8)5-12(17)9-6-14-15-4-3-13-7-10(9)15/h3-4,6-8H,1-2,5H2. The first-order valence-electron chi connectivity index (χ1n) is 5.59. The highest BCUT2D eigenvalue weighted by atomic mass is 16.1. The average molecular weight is 229 g/mol. The van der Waals surface area contributed by atoms with Gasteiger partial charge in [0.05, 0.1) is 29.9 Å². The molecule has 2 aromatic heterocycles. The van der Waals surface area contributed by atoms with E-state index >= 15 is 0 Å². The van der Waals surface area contributed by atoms with Crippen LogP contribution < -0.4 is 0 Å². The van der Waals surface area contributed by atoms with Gasteiger partial charge in [-0.2, -0.15) is 5.10 Å². The van der Waals surface area contributed by atoms with Gasteiger partial charge in [0.25, 0.3) is 0 Å². The molecule has 1 saturated carbocycles.